The third kappa shape index (κ3) is 4.02. The fourth-order valence-corrected chi connectivity index (χ4v) is 2.23. The van der Waals surface area contributed by atoms with Crippen LogP contribution in [0.25, 0.3) is 16.7 Å². The lowest BCUT2D eigenvalue weighted by molar-refractivity contribution is -0.142. The SMILES string of the molecule is C=C/C=C\C(=C)c1ccc(-c2cc(F)c(C(F)(F)F)c(F)c2)c(F)c1. The Kier molecular flexibility index (Phi) is 5.21. The van der Waals surface area contributed by atoms with Gasteiger partial charge in [-0.1, -0.05) is 43.5 Å². The van der Waals surface area contributed by atoms with Gasteiger partial charge < -0.3 is 0 Å². The number of alkyl halides is 3. The molecule has 0 N–H and O–H groups in total. The summed E-state index contributed by atoms with van der Waals surface area (Å²) in [5.41, 5.74) is -1.69. The van der Waals surface area contributed by atoms with E-state index in [1.165, 1.54) is 18.2 Å². The topological polar surface area (TPSA) is 0 Å². The summed E-state index contributed by atoms with van der Waals surface area (Å²) in [4.78, 5) is 0. The molecule has 0 saturated carbocycles. The molecule has 2 aromatic rings. The maximum Gasteiger partial charge on any atom is 0.422 e. The molecule has 6 heteroatoms. The van der Waals surface area contributed by atoms with Gasteiger partial charge in [-0.25, -0.2) is 13.2 Å². The first-order chi connectivity index (χ1) is 11.6. The third-order valence-corrected chi connectivity index (χ3v) is 3.41. The van der Waals surface area contributed by atoms with Crippen molar-refractivity contribution in [1.82, 2.24) is 0 Å². The van der Waals surface area contributed by atoms with Crippen molar-refractivity contribution in [3.8, 4) is 11.1 Å². The second-order valence-corrected chi connectivity index (χ2v) is 5.13. The monoisotopic (exact) mass is 354 g/mol. The fraction of sp³-hybridized carbons (Fsp3) is 0.0526. The highest BCUT2D eigenvalue weighted by Crippen LogP contribution is 2.36. The maximum absolute atomic E-state index is 14.3. The Morgan fingerprint density at radius 3 is 2.00 bits per heavy atom. The van der Waals surface area contributed by atoms with E-state index in [1.807, 2.05) is 0 Å². The predicted octanol–water partition coefficient (Wildman–Crippen LogP) is 6.55. The molecule has 0 saturated heterocycles. The van der Waals surface area contributed by atoms with Crippen LogP contribution >= 0.6 is 0 Å². The van der Waals surface area contributed by atoms with Gasteiger partial charge in [0, 0.05) is 5.56 Å². The molecule has 0 atom stereocenters. The van der Waals surface area contributed by atoms with Crippen LogP contribution in [0, 0.1) is 17.5 Å². The van der Waals surface area contributed by atoms with Gasteiger partial charge in [-0.15, -0.1) is 0 Å². The summed E-state index contributed by atoms with van der Waals surface area (Å²) in [6.45, 7) is 7.21. The average molecular weight is 354 g/mol. The molecule has 0 aliphatic heterocycles. The van der Waals surface area contributed by atoms with E-state index in [9.17, 15) is 26.3 Å². The smallest absolute Gasteiger partial charge is 0.206 e. The minimum Gasteiger partial charge on any atom is -0.206 e. The minimum atomic E-state index is -5.18. The Morgan fingerprint density at radius 2 is 1.52 bits per heavy atom. The summed E-state index contributed by atoms with van der Waals surface area (Å²) in [5.74, 6) is -4.45. The molecule has 25 heavy (non-hydrogen) atoms. The van der Waals surface area contributed by atoms with Crippen molar-refractivity contribution in [3.05, 3.63) is 90.3 Å². The summed E-state index contributed by atoms with van der Waals surface area (Å²) < 4.78 is 79.3. The second kappa shape index (κ2) is 7.01. The van der Waals surface area contributed by atoms with Gasteiger partial charge in [-0.2, -0.15) is 13.2 Å². The van der Waals surface area contributed by atoms with E-state index < -0.39 is 29.2 Å². The zero-order valence-electron chi connectivity index (χ0n) is 12.8. The van der Waals surface area contributed by atoms with Gasteiger partial charge in [0.1, 0.15) is 23.0 Å². The van der Waals surface area contributed by atoms with Crippen molar-refractivity contribution >= 4 is 5.57 Å². The first-order valence-electron chi connectivity index (χ1n) is 6.99. The Labute approximate surface area is 140 Å². The van der Waals surface area contributed by atoms with Gasteiger partial charge in [-0.3, -0.25) is 0 Å². The number of rotatable bonds is 4. The Bertz CT molecular complexity index is 836. The standard InChI is InChI=1S/C19H12F6/c1-3-4-5-11(2)12-6-7-14(15(20)8-12)13-9-16(21)18(17(22)10-13)19(23,24)25/h3-10H,1-2H2/b5-4-. The van der Waals surface area contributed by atoms with Crippen LogP contribution in [0.1, 0.15) is 11.1 Å². The highest BCUT2D eigenvalue weighted by Gasteiger charge is 2.38. The van der Waals surface area contributed by atoms with Gasteiger partial charge >= 0.3 is 6.18 Å². The predicted molar refractivity (Wildman–Crippen MR) is 85.1 cm³/mol. The van der Waals surface area contributed by atoms with Gasteiger partial charge in [0.25, 0.3) is 0 Å². The van der Waals surface area contributed by atoms with Crippen LogP contribution in [0.4, 0.5) is 26.3 Å². The van der Waals surface area contributed by atoms with Gasteiger partial charge in [0.15, 0.2) is 0 Å². The molecule has 0 bridgehead atoms. The summed E-state index contributed by atoms with van der Waals surface area (Å²) in [7, 11) is 0. The number of hydrogen-bond acceptors (Lipinski definition) is 0. The van der Waals surface area contributed by atoms with Crippen molar-refractivity contribution in [2.75, 3.05) is 0 Å². The molecule has 0 aromatic heterocycles. The lowest BCUT2D eigenvalue weighted by Gasteiger charge is -2.12. The van der Waals surface area contributed by atoms with Crippen molar-refractivity contribution in [2.45, 2.75) is 6.18 Å². The molecule has 0 aliphatic carbocycles. The second-order valence-electron chi connectivity index (χ2n) is 5.13. The molecule has 0 aliphatic rings. The van der Waals surface area contributed by atoms with E-state index in [2.05, 4.69) is 13.2 Å². The fourth-order valence-electron chi connectivity index (χ4n) is 2.23. The zero-order chi connectivity index (χ0) is 18.8. The lowest BCUT2D eigenvalue weighted by atomic mass is 9.98. The molecule has 0 amide bonds. The normalized spacial score (nSPS) is 11.8. The van der Waals surface area contributed by atoms with Crippen molar-refractivity contribution < 1.29 is 26.3 Å². The third-order valence-electron chi connectivity index (χ3n) is 3.41. The quantitative estimate of drug-likeness (QED) is 0.432. The average Bonchev–Trinajstić information content (AvgIpc) is 2.50. The van der Waals surface area contributed by atoms with E-state index in [0.29, 0.717) is 23.3 Å². The molecule has 0 heterocycles. The number of halogens is 6. The molecule has 0 nitrogen and oxygen atoms in total. The molecular formula is C19H12F6. The van der Waals surface area contributed by atoms with Crippen molar-refractivity contribution in [1.29, 1.82) is 0 Å². The Balaban J connectivity index is 2.48. The van der Waals surface area contributed by atoms with Crippen LogP contribution in [0.15, 0.2) is 61.7 Å². The van der Waals surface area contributed by atoms with Crippen LogP contribution in [-0.4, -0.2) is 0 Å². The van der Waals surface area contributed by atoms with Crippen LogP contribution in [0.5, 0.6) is 0 Å². The zero-order valence-corrected chi connectivity index (χ0v) is 12.8. The van der Waals surface area contributed by atoms with Crippen LogP contribution < -0.4 is 0 Å². The van der Waals surface area contributed by atoms with E-state index >= 15 is 0 Å². The summed E-state index contributed by atoms with van der Waals surface area (Å²) >= 11 is 0. The van der Waals surface area contributed by atoms with E-state index in [-0.39, 0.29) is 11.1 Å². The molecule has 0 fully saturated rings. The first kappa shape index (κ1) is 18.6. The van der Waals surface area contributed by atoms with Gasteiger partial charge in [0.2, 0.25) is 0 Å². The number of allylic oxidation sites excluding steroid dienone is 4. The van der Waals surface area contributed by atoms with Crippen molar-refractivity contribution in [3.63, 3.8) is 0 Å². The molecule has 130 valence electrons. The summed E-state index contributed by atoms with van der Waals surface area (Å²) in [6.07, 6.45) is -0.498. The first-order valence-corrected chi connectivity index (χ1v) is 6.99. The highest BCUT2D eigenvalue weighted by atomic mass is 19.4. The minimum absolute atomic E-state index is 0.226. The Morgan fingerprint density at radius 1 is 0.920 bits per heavy atom. The molecule has 0 radical (unpaired) electrons. The van der Waals surface area contributed by atoms with E-state index in [0.717, 1.165) is 6.07 Å². The molecule has 0 spiro atoms. The Hall–Kier alpha value is -2.76. The van der Waals surface area contributed by atoms with E-state index in [4.69, 9.17) is 0 Å². The molecule has 2 aromatic carbocycles. The summed E-state index contributed by atoms with van der Waals surface area (Å²) in [5, 5.41) is 0. The molecule has 2 rings (SSSR count). The van der Waals surface area contributed by atoms with Gasteiger partial charge in [0.05, 0.1) is 0 Å². The highest BCUT2D eigenvalue weighted by molar-refractivity contribution is 5.75. The van der Waals surface area contributed by atoms with Crippen LogP contribution in [0.2, 0.25) is 0 Å². The number of hydrogen-bond donors (Lipinski definition) is 0. The maximum atomic E-state index is 14.3. The van der Waals surface area contributed by atoms with Gasteiger partial charge in [-0.05, 0) is 34.9 Å². The van der Waals surface area contributed by atoms with Crippen LogP contribution in [0.3, 0.4) is 0 Å². The van der Waals surface area contributed by atoms with E-state index in [1.54, 1.807) is 12.2 Å². The summed E-state index contributed by atoms with van der Waals surface area (Å²) in [6, 6.07) is 4.66. The molecular weight excluding hydrogens is 342 g/mol. The lowest BCUT2D eigenvalue weighted by Crippen LogP contribution is -2.11. The van der Waals surface area contributed by atoms with Crippen molar-refractivity contribution in [2.24, 2.45) is 0 Å². The van der Waals surface area contributed by atoms with Crippen LogP contribution in [-0.2, 0) is 6.18 Å². The number of benzene rings is 2. The largest absolute Gasteiger partial charge is 0.422 e. The molecule has 0 unspecified atom stereocenters.